The maximum Gasteiger partial charge on any atom is 0.123 e. The van der Waals surface area contributed by atoms with Crippen molar-refractivity contribution in [3.63, 3.8) is 0 Å². The maximum absolute atomic E-state index is 4.91. The molecule has 0 aliphatic heterocycles. The fraction of sp³-hybridized carbons (Fsp3) is 0.233. The Morgan fingerprint density at radius 2 is 1.42 bits per heavy atom. The molecule has 0 saturated heterocycles. The van der Waals surface area contributed by atoms with Gasteiger partial charge in [0.05, 0.1) is 23.3 Å². The average molecular weight is 477 g/mol. The molecule has 5 aromatic rings. The first-order valence-electron chi connectivity index (χ1n) is 12.5. The van der Waals surface area contributed by atoms with Crippen molar-refractivity contribution >= 4 is 11.0 Å². The van der Waals surface area contributed by atoms with Crippen molar-refractivity contribution in [3.8, 4) is 0 Å². The Balaban J connectivity index is 1.25. The van der Waals surface area contributed by atoms with Gasteiger partial charge in [-0.1, -0.05) is 48.5 Å². The number of nitrogens with zero attached hydrogens (tertiary/aromatic N) is 5. The zero-order valence-electron chi connectivity index (χ0n) is 20.7. The van der Waals surface area contributed by atoms with E-state index in [2.05, 4.69) is 86.4 Å². The molecule has 6 heteroatoms. The van der Waals surface area contributed by atoms with E-state index in [0.717, 1.165) is 61.9 Å². The zero-order chi connectivity index (χ0) is 24.6. The van der Waals surface area contributed by atoms with Crippen LogP contribution in [0.3, 0.4) is 0 Å². The highest BCUT2D eigenvalue weighted by molar-refractivity contribution is 5.75. The lowest BCUT2D eigenvalue weighted by molar-refractivity contribution is 0.250. The Morgan fingerprint density at radius 1 is 0.722 bits per heavy atom. The van der Waals surface area contributed by atoms with Crippen molar-refractivity contribution < 1.29 is 0 Å². The molecular weight excluding hydrogens is 444 g/mol. The molecule has 0 spiro atoms. The van der Waals surface area contributed by atoms with E-state index in [1.54, 1.807) is 0 Å². The summed E-state index contributed by atoms with van der Waals surface area (Å²) >= 11 is 0. The van der Waals surface area contributed by atoms with Crippen molar-refractivity contribution in [3.05, 3.63) is 126 Å². The highest BCUT2D eigenvalue weighted by atomic mass is 15.2. The molecule has 0 bridgehead atoms. The first kappa shape index (κ1) is 23.9. The highest BCUT2D eigenvalue weighted by Gasteiger charge is 2.14. The first-order valence-corrected chi connectivity index (χ1v) is 12.5. The number of benzene rings is 2. The number of nitrogens with one attached hydrogen (secondary N) is 1. The van der Waals surface area contributed by atoms with Gasteiger partial charge in [0.25, 0.3) is 0 Å². The molecule has 3 heterocycles. The first-order chi connectivity index (χ1) is 17.7. The molecule has 0 aliphatic carbocycles. The molecule has 0 radical (unpaired) electrons. The van der Waals surface area contributed by atoms with Crippen LogP contribution in [0.25, 0.3) is 11.0 Å². The molecule has 5 rings (SSSR count). The largest absolute Gasteiger partial charge is 0.330 e. The van der Waals surface area contributed by atoms with E-state index < -0.39 is 0 Å². The normalized spacial score (nSPS) is 11.4. The lowest BCUT2D eigenvalue weighted by Gasteiger charge is -2.22. The number of hydrogen-bond acceptors (Lipinski definition) is 5. The molecule has 0 fully saturated rings. The third-order valence-electron chi connectivity index (χ3n) is 6.45. The number of aromatic nitrogens is 4. The highest BCUT2D eigenvalue weighted by Crippen LogP contribution is 2.17. The summed E-state index contributed by atoms with van der Waals surface area (Å²) in [6.07, 6.45) is 4.60. The van der Waals surface area contributed by atoms with Crippen molar-refractivity contribution in [1.29, 1.82) is 0 Å². The van der Waals surface area contributed by atoms with Gasteiger partial charge in [0.15, 0.2) is 0 Å². The van der Waals surface area contributed by atoms with Crippen LogP contribution in [0.1, 0.15) is 28.3 Å². The van der Waals surface area contributed by atoms with Gasteiger partial charge in [-0.15, -0.1) is 0 Å². The predicted octanol–water partition coefficient (Wildman–Crippen LogP) is 4.90. The summed E-state index contributed by atoms with van der Waals surface area (Å²) in [4.78, 5) is 16.3. The van der Waals surface area contributed by atoms with E-state index in [0.29, 0.717) is 0 Å². The van der Waals surface area contributed by atoms with Gasteiger partial charge in [-0.3, -0.25) is 14.9 Å². The molecule has 0 amide bonds. The number of hydrogen-bond donors (Lipinski definition) is 1. The average Bonchev–Trinajstić information content (AvgIpc) is 3.24. The molecule has 0 atom stereocenters. The topological polar surface area (TPSA) is 58.9 Å². The van der Waals surface area contributed by atoms with Crippen LogP contribution in [0.2, 0.25) is 0 Å². The summed E-state index contributed by atoms with van der Waals surface area (Å²) in [6.45, 7) is 4.14. The summed E-state index contributed by atoms with van der Waals surface area (Å²) in [5, 5.41) is 3.48. The van der Waals surface area contributed by atoms with Crippen LogP contribution >= 0.6 is 0 Å². The Hall–Kier alpha value is -3.87. The van der Waals surface area contributed by atoms with Crippen molar-refractivity contribution in [2.24, 2.45) is 7.05 Å². The van der Waals surface area contributed by atoms with Gasteiger partial charge in [-0.2, -0.15) is 0 Å². The Bertz CT molecular complexity index is 1360. The number of fused-ring (bicyclic) bond motifs is 1. The Labute approximate surface area is 212 Å². The van der Waals surface area contributed by atoms with Crippen LogP contribution in [0.4, 0.5) is 0 Å². The minimum absolute atomic E-state index is 0.766. The molecule has 1 N–H and O–H groups in total. The monoisotopic (exact) mass is 476 g/mol. The van der Waals surface area contributed by atoms with Gasteiger partial charge < -0.3 is 9.88 Å². The van der Waals surface area contributed by atoms with Crippen LogP contribution in [-0.4, -0.2) is 31.0 Å². The molecule has 6 nitrogen and oxygen atoms in total. The summed E-state index contributed by atoms with van der Waals surface area (Å²) in [5.41, 5.74) is 6.94. The number of rotatable bonds is 11. The standard InChI is InChI=1S/C30H32N6/c1-35-29-11-3-2-10-28(29)34-30(35)23-36(19-16-26-8-4-6-17-32-26)22-25-14-12-24(13-15-25)20-31-21-27-9-5-7-18-33-27/h2-15,17-18,31H,16,19-23H2,1H3. The van der Waals surface area contributed by atoms with Gasteiger partial charge >= 0.3 is 0 Å². The molecule has 36 heavy (non-hydrogen) atoms. The summed E-state index contributed by atoms with van der Waals surface area (Å²) in [6, 6.07) is 29.4. The number of pyridine rings is 2. The van der Waals surface area contributed by atoms with E-state index in [4.69, 9.17) is 4.98 Å². The molecular formula is C30H32N6. The van der Waals surface area contributed by atoms with E-state index in [9.17, 15) is 0 Å². The summed E-state index contributed by atoms with van der Waals surface area (Å²) in [7, 11) is 2.11. The number of para-hydroxylation sites is 2. The second kappa shape index (κ2) is 11.7. The van der Waals surface area contributed by atoms with Gasteiger partial charge in [0.2, 0.25) is 0 Å². The minimum atomic E-state index is 0.766. The summed E-state index contributed by atoms with van der Waals surface area (Å²) in [5.74, 6) is 1.08. The second-order valence-electron chi connectivity index (χ2n) is 9.10. The molecule has 0 unspecified atom stereocenters. The second-order valence-corrected chi connectivity index (χ2v) is 9.10. The van der Waals surface area contributed by atoms with Crippen LogP contribution in [0, 0.1) is 0 Å². The Morgan fingerprint density at radius 3 is 2.14 bits per heavy atom. The SMILES string of the molecule is Cn1c(CN(CCc2ccccn2)Cc2ccc(CNCc3ccccn3)cc2)nc2ccccc21. The van der Waals surface area contributed by atoms with Crippen LogP contribution in [0.5, 0.6) is 0 Å². The fourth-order valence-electron chi connectivity index (χ4n) is 4.43. The molecule has 2 aromatic carbocycles. The third kappa shape index (κ3) is 6.22. The third-order valence-corrected chi connectivity index (χ3v) is 6.45. The van der Waals surface area contributed by atoms with E-state index >= 15 is 0 Å². The number of aryl methyl sites for hydroxylation is 1. The van der Waals surface area contributed by atoms with E-state index in [1.807, 2.05) is 42.7 Å². The van der Waals surface area contributed by atoms with Gasteiger partial charge in [0.1, 0.15) is 5.82 Å². The van der Waals surface area contributed by atoms with Crippen molar-refractivity contribution in [2.45, 2.75) is 32.6 Å². The van der Waals surface area contributed by atoms with Crippen LogP contribution in [0.15, 0.2) is 97.3 Å². The van der Waals surface area contributed by atoms with E-state index in [1.165, 1.54) is 16.6 Å². The molecule has 182 valence electrons. The molecule has 0 aliphatic rings. The quantitative estimate of drug-likeness (QED) is 0.294. The van der Waals surface area contributed by atoms with Gasteiger partial charge in [-0.05, 0) is 47.5 Å². The van der Waals surface area contributed by atoms with Crippen molar-refractivity contribution in [2.75, 3.05) is 6.54 Å². The maximum atomic E-state index is 4.91. The minimum Gasteiger partial charge on any atom is -0.330 e. The molecule has 3 aromatic heterocycles. The summed E-state index contributed by atoms with van der Waals surface area (Å²) < 4.78 is 2.21. The lowest BCUT2D eigenvalue weighted by atomic mass is 10.1. The van der Waals surface area contributed by atoms with Crippen LogP contribution < -0.4 is 5.32 Å². The molecule has 0 saturated carbocycles. The number of imidazole rings is 1. The lowest BCUT2D eigenvalue weighted by Crippen LogP contribution is -2.27. The van der Waals surface area contributed by atoms with Crippen molar-refractivity contribution in [1.82, 2.24) is 29.7 Å². The fourth-order valence-corrected chi connectivity index (χ4v) is 4.43. The van der Waals surface area contributed by atoms with Gasteiger partial charge in [0, 0.05) is 57.7 Å². The Kier molecular flexibility index (Phi) is 7.76. The zero-order valence-corrected chi connectivity index (χ0v) is 20.7. The van der Waals surface area contributed by atoms with Gasteiger partial charge in [-0.25, -0.2) is 4.98 Å². The van der Waals surface area contributed by atoms with E-state index in [-0.39, 0.29) is 0 Å². The smallest absolute Gasteiger partial charge is 0.123 e. The van der Waals surface area contributed by atoms with Crippen LogP contribution in [-0.2, 0) is 39.6 Å². The predicted molar refractivity (Wildman–Crippen MR) is 144 cm³/mol.